The zero-order chi connectivity index (χ0) is 15.6. The second-order valence-electron chi connectivity index (χ2n) is 5.05. The first-order chi connectivity index (χ1) is 10.0. The van der Waals surface area contributed by atoms with Crippen molar-refractivity contribution < 1.29 is 19.1 Å². The van der Waals surface area contributed by atoms with Crippen molar-refractivity contribution in [1.82, 2.24) is 4.57 Å². The van der Waals surface area contributed by atoms with Crippen LogP contribution in [0.4, 0.5) is 0 Å². The number of hydrogen-bond donors (Lipinski definition) is 0. The van der Waals surface area contributed by atoms with Gasteiger partial charge in [0.1, 0.15) is 6.04 Å². The van der Waals surface area contributed by atoms with E-state index in [2.05, 4.69) is 0 Å². The molecule has 0 N–H and O–H groups in total. The summed E-state index contributed by atoms with van der Waals surface area (Å²) in [5.41, 5.74) is 1.12. The lowest BCUT2D eigenvalue weighted by Gasteiger charge is -2.16. The molecule has 0 aliphatic carbocycles. The molecule has 0 bridgehead atoms. The Bertz CT molecular complexity index is 619. The first-order valence-electron chi connectivity index (χ1n) is 6.94. The predicted molar refractivity (Wildman–Crippen MR) is 75.1 cm³/mol. The average molecular weight is 293 g/mol. The van der Waals surface area contributed by atoms with E-state index < -0.39 is 17.9 Å². The van der Waals surface area contributed by atoms with Gasteiger partial charge >= 0.3 is 11.9 Å². The van der Waals surface area contributed by atoms with Gasteiger partial charge in [-0.1, -0.05) is 6.92 Å². The molecule has 6 heteroatoms. The highest BCUT2D eigenvalue weighted by Gasteiger charge is 2.31. The first kappa shape index (κ1) is 15.3. The van der Waals surface area contributed by atoms with Crippen molar-refractivity contribution in [2.75, 3.05) is 14.2 Å². The second-order valence-corrected chi connectivity index (χ2v) is 5.05. The number of methoxy groups -OCH3 is 2. The van der Waals surface area contributed by atoms with E-state index in [4.69, 9.17) is 9.47 Å². The van der Waals surface area contributed by atoms with Crippen LogP contribution in [0.2, 0.25) is 0 Å². The van der Waals surface area contributed by atoms with Crippen molar-refractivity contribution >= 4 is 11.9 Å². The van der Waals surface area contributed by atoms with Crippen molar-refractivity contribution in [2.45, 2.75) is 38.1 Å². The third kappa shape index (κ3) is 2.70. The van der Waals surface area contributed by atoms with Gasteiger partial charge in [0.05, 0.1) is 20.1 Å². The van der Waals surface area contributed by atoms with Crippen LogP contribution >= 0.6 is 0 Å². The SMILES string of the molecule is CCC(C(=O)OC)c1cc2n(c(=O)c1)C(C(=O)OC)CC2. The van der Waals surface area contributed by atoms with E-state index in [1.165, 1.54) is 24.9 Å². The number of pyridine rings is 1. The molecule has 0 aromatic carbocycles. The molecule has 1 aliphatic rings. The smallest absolute Gasteiger partial charge is 0.328 e. The molecule has 0 amide bonds. The van der Waals surface area contributed by atoms with Crippen LogP contribution < -0.4 is 5.56 Å². The van der Waals surface area contributed by atoms with Crippen LogP contribution in [0.3, 0.4) is 0 Å². The normalized spacial score (nSPS) is 18.0. The Morgan fingerprint density at radius 3 is 2.62 bits per heavy atom. The van der Waals surface area contributed by atoms with Crippen LogP contribution in [0, 0.1) is 0 Å². The monoisotopic (exact) mass is 293 g/mol. The average Bonchev–Trinajstić information content (AvgIpc) is 2.91. The minimum Gasteiger partial charge on any atom is -0.469 e. The van der Waals surface area contributed by atoms with E-state index in [1.807, 2.05) is 13.0 Å². The number of aromatic nitrogens is 1. The van der Waals surface area contributed by atoms with Gasteiger partial charge in [-0.3, -0.25) is 14.2 Å². The predicted octanol–water partition coefficient (Wildman–Crippen LogP) is 1.18. The van der Waals surface area contributed by atoms with E-state index in [-0.39, 0.29) is 11.5 Å². The Kier molecular flexibility index (Phi) is 4.45. The highest BCUT2D eigenvalue weighted by molar-refractivity contribution is 5.78. The van der Waals surface area contributed by atoms with Crippen molar-refractivity contribution in [3.63, 3.8) is 0 Å². The van der Waals surface area contributed by atoms with E-state index >= 15 is 0 Å². The summed E-state index contributed by atoms with van der Waals surface area (Å²) in [4.78, 5) is 35.8. The summed E-state index contributed by atoms with van der Waals surface area (Å²) in [6.07, 6.45) is 1.71. The van der Waals surface area contributed by atoms with Gasteiger partial charge in [-0.15, -0.1) is 0 Å². The lowest BCUT2D eigenvalue weighted by atomic mass is 9.96. The quantitative estimate of drug-likeness (QED) is 0.779. The van der Waals surface area contributed by atoms with Gasteiger partial charge in [0.25, 0.3) is 5.56 Å². The van der Waals surface area contributed by atoms with Gasteiger partial charge in [0.15, 0.2) is 0 Å². The Balaban J connectivity index is 2.44. The molecule has 0 radical (unpaired) electrons. The molecular weight excluding hydrogens is 274 g/mol. The fourth-order valence-corrected chi connectivity index (χ4v) is 2.86. The molecule has 0 spiro atoms. The number of carbonyl (C=O) groups is 2. The van der Waals surface area contributed by atoms with Gasteiger partial charge < -0.3 is 9.47 Å². The van der Waals surface area contributed by atoms with Crippen molar-refractivity contribution in [3.05, 3.63) is 33.7 Å². The Morgan fingerprint density at radius 1 is 1.33 bits per heavy atom. The van der Waals surface area contributed by atoms with Gasteiger partial charge in [-0.25, -0.2) is 4.79 Å². The van der Waals surface area contributed by atoms with Gasteiger partial charge in [0.2, 0.25) is 0 Å². The molecule has 0 saturated carbocycles. The summed E-state index contributed by atoms with van der Waals surface area (Å²) in [5.74, 6) is -1.22. The first-order valence-corrected chi connectivity index (χ1v) is 6.94. The number of ether oxygens (including phenoxy) is 2. The van der Waals surface area contributed by atoms with Gasteiger partial charge in [-0.2, -0.15) is 0 Å². The molecule has 1 aromatic rings. The largest absolute Gasteiger partial charge is 0.469 e. The van der Waals surface area contributed by atoms with Crippen molar-refractivity contribution in [2.24, 2.45) is 0 Å². The van der Waals surface area contributed by atoms with Gasteiger partial charge in [-0.05, 0) is 30.9 Å². The second kappa shape index (κ2) is 6.11. The van der Waals surface area contributed by atoms with Crippen molar-refractivity contribution in [3.8, 4) is 0 Å². The number of rotatable bonds is 4. The standard InChI is InChI=1S/C15H19NO5/c1-4-11(14(18)20-2)9-7-10-5-6-12(15(19)21-3)16(10)13(17)8-9/h7-8,11-12H,4-6H2,1-3H3. The zero-order valence-corrected chi connectivity index (χ0v) is 12.4. The summed E-state index contributed by atoms with van der Waals surface area (Å²) in [6, 6.07) is 2.66. The maximum absolute atomic E-state index is 12.3. The zero-order valence-electron chi connectivity index (χ0n) is 12.4. The summed E-state index contributed by atoms with van der Waals surface area (Å²) < 4.78 is 11.0. The van der Waals surface area contributed by atoms with Crippen LogP contribution in [0.25, 0.3) is 0 Å². The van der Waals surface area contributed by atoms with Crippen LogP contribution in [0.1, 0.15) is 43.0 Å². The summed E-state index contributed by atoms with van der Waals surface area (Å²) in [7, 11) is 2.64. The number of aryl methyl sites for hydroxylation is 1. The van der Waals surface area contributed by atoms with Crippen molar-refractivity contribution in [1.29, 1.82) is 0 Å². The van der Waals surface area contributed by atoms with E-state index in [9.17, 15) is 14.4 Å². The Labute approximate surface area is 122 Å². The molecule has 0 fully saturated rings. The molecule has 114 valence electrons. The Morgan fingerprint density at radius 2 is 2.05 bits per heavy atom. The molecule has 6 nitrogen and oxygen atoms in total. The maximum Gasteiger partial charge on any atom is 0.328 e. The number of hydrogen-bond acceptors (Lipinski definition) is 5. The van der Waals surface area contributed by atoms with Crippen LogP contribution in [0.15, 0.2) is 16.9 Å². The van der Waals surface area contributed by atoms with E-state index in [0.29, 0.717) is 24.8 Å². The highest BCUT2D eigenvalue weighted by Crippen LogP contribution is 2.28. The lowest BCUT2D eigenvalue weighted by molar-refractivity contribution is -0.144. The molecule has 2 rings (SSSR count). The highest BCUT2D eigenvalue weighted by atomic mass is 16.5. The maximum atomic E-state index is 12.3. The fraction of sp³-hybridized carbons (Fsp3) is 0.533. The molecule has 0 saturated heterocycles. The molecule has 2 heterocycles. The lowest BCUT2D eigenvalue weighted by Crippen LogP contribution is -2.29. The van der Waals surface area contributed by atoms with E-state index in [1.54, 1.807) is 0 Å². The van der Waals surface area contributed by atoms with E-state index in [0.717, 1.165) is 5.69 Å². The third-order valence-electron chi connectivity index (χ3n) is 3.93. The third-order valence-corrected chi connectivity index (χ3v) is 3.93. The molecule has 21 heavy (non-hydrogen) atoms. The number of carbonyl (C=O) groups excluding carboxylic acids is 2. The molecule has 2 atom stereocenters. The van der Waals surface area contributed by atoms with Crippen LogP contribution in [-0.2, 0) is 25.5 Å². The molecule has 1 aliphatic heterocycles. The summed E-state index contributed by atoms with van der Waals surface area (Å²) >= 11 is 0. The fourth-order valence-electron chi connectivity index (χ4n) is 2.86. The number of fused-ring (bicyclic) bond motifs is 1. The number of nitrogens with zero attached hydrogens (tertiary/aromatic N) is 1. The van der Waals surface area contributed by atoms with Crippen LogP contribution in [-0.4, -0.2) is 30.7 Å². The summed E-state index contributed by atoms with van der Waals surface area (Å²) in [6.45, 7) is 1.86. The minimum absolute atomic E-state index is 0.280. The Hall–Kier alpha value is -2.11. The minimum atomic E-state index is -0.565. The molecular formula is C15H19NO5. The van der Waals surface area contributed by atoms with Crippen LogP contribution in [0.5, 0.6) is 0 Å². The van der Waals surface area contributed by atoms with Gasteiger partial charge in [0, 0.05) is 11.8 Å². The molecule has 2 unspecified atom stereocenters. The number of esters is 2. The molecule has 1 aromatic heterocycles. The summed E-state index contributed by atoms with van der Waals surface area (Å²) in [5, 5.41) is 0. The topological polar surface area (TPSA) is 74.6 Å².